The summed E-state index contributed by atoms with van der Waals surface area (Å²) in [6.45, 7) is 0.238. The summed E-state index contributed by atoms with van der Waals surface area (Å²) in [5, 5.41) is 10.8. The first kappa shape index (κ1) is 14.5. The highest BCUT2D eigenvalue weighted by Crippen LogP contribution is 2.30. The van der Waals surface area contributed by atoms with Crippen molar-refractivity contribution in [1.82, 2.24) is 5.32 Å². The molecular weight excluding hydrogens is 235 g/mol. The summed E-state index contributed by atoms with van der Waals surface area (Å²) < 4.78 is 36.7. The Morgan fingerprint density at radius 3 is 2.53 bits per heavy atom. The van der Waals surface area contributed by atoms with Crippen LogP contribution in [-0.4, -0.2) is 29.8 Å². The third kappa shape index (κ3) is 4.70. The van der Waals surface area contributed by atoms with E-state index in [1.165, 1.54) is 0 Å². The molecule has 0 radical (unpaired) electrons. The molecule has 1 heterocycles. The third-order valence-corrected chi connectivity index (χ3v) is 2.37. The highest BCUT2D eigenvalue weighted by Gasteiger charge is 2.42. The summed E-state index contributed by atoms with van der Waals surface area (Å²) in [6.07, 6.45) is -4.07. The number of alkyl halides is 3. The number of nitrogens with one attached hydrogen (secondary N) is 1. The molecule has 0 aromatic rings. The van der Waals surface area contributed by atoms with Gasteiger partial charge in [-0.1, -0.05) is 0 Å². The van der Waals surface area contributed by atoms with Crippen molar-refractivity contribution in [2.24, 2.45) is 5.92 Å². The zero-order valence-corrected chi connectivity index (χ0v) is 8.70. The lowest BCUT2D eigenvalue weighted by molar-refractivity contribution is -0.165. The van der Waals surface area contributed by atoms with Gasteiger partial charge in [-0.15, -0.1) is 12.4 Å². The predicted molar refractivity (Wildman–Crippen MR) is 50.1 cm³/mol. The number of aliphatic carboxylic acids is 1. The molecule has 0 amide bonds. The second-order valence-corrected chi connectivity index (χ2v) is 3.54. The predicted octanol–water partition coefficient (Wildman–Crippen LogP) is 1.81. The van der Waals surface area contributed by atoms with Crippen molar-refractivity contribution in [1.29, 1.82) is 0 Å². The fourth-order valence-electron chi connectivity index (χ4n) is 1.68. The van der Waals surface area contributed by atoms with Crippen LogP contribution in [0.1, 0.15) is 19.3 Å². The van der Waals surface area contributed by atoms with Crippen LogP contribution in [0.15, 0.2) is 0 Å². The summed E-state index contributed by atoms with van der Waals surface area (Å²) in [5.74, 6) is -1.39. The first-order chi connectivity index (χ1) is 6.39. The second kappa shape index (κ2) is 5.55. The number of carboxylic acid groups (broad SMARTS) is 1. The molecule has 1 saturated heterocycles. The Bertz CT molecular complexity index is 222. The van der Waals surface area contributed by atoms with Crippen LogP contribution in [0, 0.1) is 5.92 Å². The van der Waals surface area contributed by atoms with E-state index in [1.54, 1.807) is 0 Å². The molecule has 7 heteroatoms. The monoisotopic (exact) mass is 247 g/mol. The summed E-state index contributed by atoms with van der Waals surface area (Å²) in [6, 6.07) is -1.54. The number of carboxylic acids is 1. The van der Waals surface area contributed by atoms with Crippen LogP contribution in [0.25, 0.3) is 0 Å². The van der Waals surface area contributed by atoms with Crippen molar-refractivity contribution >= 4 is 18.4 Å². The quantitative estimate of drug-likeness (QED) is 0.783. The van der Waals surface area contributed by atoms with Crippen LogP contribution >= 0.6 is 12.4 Å². The summed E-state index contributed by atoms with van der Waals surface area (Å²) in [4.78, 5) is 10.3. The van der Waals surface area contributed by atoms with Gasteiger partial charge in [0.2, 0.25) is 0 Å². The molecule has 0 aromatic carbocycles. The Balaban J connectivity index is 0.00000196. The number of rotatable bonds is 2. The molecule has 90 valence electrons. The lowest BCUT2D eigenvalue weighted by atomic mass is 9.89. The fourth-order valence-corrected chi connectivity index (χ4v) is 1.68. The Kier molecular flexibility index (Phi) is 5.37. The van der Waals surface area contributed by atoms with E-state index in [-0.39, 0.29) is 37.7 Å². The molecule has 1 aliphatic rings. The maximum Gasteiger partial charge on any atom is 0.403 e. The van der Waals surface area contributed by atoms with E-state index in [9.17, 15) is 18.0 Å². The van der Waals surface area contributed by atoms with E-state index in [1.807, 2.05) is 0 Å². The van der Waals surface area contributed by atoms with Crippen LogP contribution in [0.5, 0.6) is 0 Å². The molecule has 0 aliphatic carbocycles. The van der Waals surface area contributed by atoms with Crippen LogP contribution in [0.2, 0.25) is 0 Å². The second-order valence-electron chi connectivity index (χ2n) is 3.54. The Morgan fingerprint density at radius 2 is 2.07 bits per heavy atom. The molecule has 0 aromatic heterocycles. The summed E-state index contributed by atoms with van der Waals surface area (Å²) in [7, 11) is 0. The van der Waals surface area contributed by atoms with Gasteiger partial charge in [0.15, 0.2) is 0 Å². The minimum absolute atomic E-state index is 0. The minimum atomic E-state index is -4.27. The van der Waals surface area contributed by atoms with E-state index in [0.29, 0.717) is 6.42 Å². The van der Waals surface area contributed by atoms with Crippen molar-refractivity contribution in [2.45, 2.75) is 31.5 Å². The van der Waals surface area contributed by atoms with Crippen LogP contribution in [-0.2, 0) is 4.79 Å². The van der Waals surface area contributed by atoms with Gasteiger partial charge in [-0.2, -0.15) is 13.2 Å². The van der Waals surface area contributed by atoms with Gasteiger partial charge in [0.25, 0.3) is 0 Å². The highest BCUT2D eigenvalue weighted by molar-refractivity contribution is 5.85. The van der Waals surface area contributed by atoms with Crippen molar-refractivity contribution in [2.75, 3.05) is 6.54 Å². The minimum Gasteiger partial charge on any atom is -0.481 e. The molecule has 0 bridgehead atoms. The molecule has 2 atom stereocenters. The first-order valence-electron chi connectivity index (χ1n) is 4.41. The largest absolute Gasteiger partial charge is 0.481 e. The number of carbonyl (C=O) groups is 1. The van der Waals surface area contributed by atoms with E-state index in [0.717, 1.165) is 0 Å². The fraction of sp³-hybridized carbons (Fsp3) is 0.875. The van der Waals surface area contributed by atoms with E-state index >= 15 is 0 Å². The Morgan fingerprint density at radius 1 is 1.47 bits per heavy atom. The number of piperidine rings is 1. The van der Waals surface area contributed by atoms with Crippen LogP contribution in [0.3, 0.4) is 0 Å². The van der Waals surface area contributed by atoms with Gasteiger partial charge in [-0.25, -0.2) is 0 Å². The molecule has 1 aliphatic heterocycles. The summed E-state index contributed by atoms with van der Waals surface area (Å²) >= 11 is 0. The Hall–Kier alpha value is -0.490. The number of halogens is 4. The lowest BCUT2D eigenvalue weighted by Gasteiger charge is -2.30. The zero-order chi connectivity index (χ0) is 10.8. The Labute approximate surface area is 91.4 Å². The maximum atomic E-state index is 12.2. The SMILES string of the molecule is Cl.O=C(O)C[C@@H]1CCN[C@H](C(F)(F)F)C1. The summed E-state index contributed by atoms with van der Waals surface area (Å²) in [5.41, 5.74) is 0. The molecule has 3 nitrogen and oxygen atoms in total. The molecule has 0 unspecified atom stereocenters. The number of hydrogen-bond donors (Lipinski definition) is 2. The van der Waals surface area contributed by atoms with Gasteiger partial charge < -0.3 is 10.4 Å². The van der Waals surface area contributed by atoms with Crippen molar-refractivity contribution < 1.29 is 23.1 Å². The van der Waals surface area contributed by atoms with Gasteiger partial charge in [0.1, 0.15) is 6.04 Å². The van der Waals surface area contributed by atoms with Gasteiger partial charge in [0.05, 0.1) is 0 Å². The van der Waals surface area contributed by atoms with Crippen LogP contribution < -0.4 is 5.32 Å². The smallest absolute Gasteiger partial charge is 0.403 e. The van der Waals surface area contributed by atoms with Gasteiger partial charge in [-0.3, -0.25) is 4.79 Å². The molecule has 1 fully saturated rings. The van der Waals surface area contributed by atoms with E-state index < -0.39 is 18.2 Å². The van der Waals surface area contributed by atoms with Crippen molar-refractivity contribution in [3.05, 3.63) is 0 Å². The van der Waals surface area contributed by atoms with E-state index in [4.69, 9.17) is 5.11 Å². The molecule has 0 spiro atoms. The maximum absolute atomic E-state index is 12.2. The average molecular weight is 248 g/mol. The van der Waals surface area contributed by atoms with Crippen molar-refractivity contribution in [3.8, 4) is 0 Å². The first-order valence-corrected chi connectivity index (χ1v) is 4.41. The van der Waals surface area contributed by atoms with Crippen molar-refractivity contribution in [3.63, 3.8) is 0 Å². The number of hydrogen-bond acceptors (Lipinski definition) is 2. The molecule has 15 heavy (non-hydrogen) atoms. The highest BCUT2D eigenvalue weighted by atomic mass is 35.5. The molecule has 1 rings (SSSR count). The van der Waals surface area contributed by atoms with Gasteiger partial charge >= 0.3 is 12.1 Å². The topological polar surface area (TPSA) is 49.3 Å². The molecule has 0 saturated carbocycles. The lowest BCUT2D eigenvalue weighted by Crippen LogP contribution is -2.47. The van der Waals surface area contributed by atoms with Crippen LogP contribution in [0.4, 0.5) is 13.2 Å². The van der Waals surface area contributed by atoms with E-state index in [2.05, 4.69) is 5.32 Å². The zero-order valence-electron chi connectivity index (χ0n) is 7.88. The molecular formula is C8H13ClF3NO2. The van der Waals surface area contributed by atoms with Gasteiger partial charge in [-0.05, 0) is 25.3 Å². The average Bonchev–Trinajstić information content (AvgIpc) is 2.01. The standard InChI is InChI=1S/C8H12F3NO2.ClH/c9-8(10,11)6-3-5(1-2-12-6)4-7(13)14;/h5-6,12H,1-4H2,(H,13,14);1H/t5-,6+;/m1./s1. The normalized spacial score (nSPS) is 26.9. The molecule has 2 N–H and O–H groups in total. The third-order valence-electron chi connectivity index (χ3n) is 2.37. The van der Waals surface area contributed by atoms with Gasteiger partial charge in [0, 0.05) is 6.42 Å².